The summed E-state index contributed by atoms with van der Waals surface area (Å²) in [4.78, 5) is 0. The van der Waals surface area contributed by atoms with Gasteiger partial charge in [0.25, 0.3) is 0 Å². The van der Waals surface area contributed by atoms with Gasteiger partial charge in [0, 0.05) is 22.4 Å². The van der Waals surface area contributed by atoms with Crippen LogP contribution in [0.25, 0.3) is 11.0 Å². The maximum atomic E-state index is 5.57. The fourth-order valence-corrected chi connectivity index (χ4v) is 3.18. The minimum absolute atomic E-state index is 0.536. The Kier molecular flexibility index (Phi) is 4.94. The van der Waals surface area contributed by atoms with Crippen LogP contribution in [-0.4, -0.2) is 6.61 Å². The molecule has 2 nitrogen and oxygen atoms in total. The Labute approximate surface area is 144 Å². The standard InChI is InChI=1S/C11H14O.C11H12O/c2*1-8(2)10-7-12-11-6-4-3-5-9(10)11/h3-6,8,10H,7H2,1-2H3;3-8H,1-2H3. The molecule has 0 radical (unpaired) electrons. The van der Waals surface area contributed by atoms with Crippen LogP contribution >= 0.6 is 0 Å². The highest BCUT2D eigenvalue weighted by molar-refractivity contribution is 5.81. The smallest absolute Gasteiger partial charge is 0.134 e. The maximum Gasteiger partial charge on any atom is 0.134 e. The Hall–Kier alpha value is -2.22. The number of ether oxygens (including phenoxy) is 1. The van der Waals surface area contributed by atoms with Gasteiger partial charge in [-0.1, -0.05) is 64.1 Å². The van der Waals surface area contributed by atoms with Crippen LogP contribution < -0.4 is 4.74 Å². The van der Waals surface area contributed by atoms with Crippen molar-refractivity contribution in [2.75, 3.05) is 6.61 Å². The number of hydrogen-bond acceptors (Lipinski definition) is 2. The fraction of sp³-hybridized carbons (Fsp3) is 0.364. The molecule has 126 valence electrons. The third-order valence-corrected chi connectivity index (χ3v) is 4.67. The Morgan fingerprint density at radius 1 is 0.917 bits per heavy atom. The van der Waals surface area contributed by atoms with E-state index in [1.165, 1.54) is 16.5 Å². The lowest BCUT2D eigenvalue weighted by Crippen LogP contribution is -2.07. The van der Waals surface area contributed by atoms with Crippen molar-refractivity contribution in [3.63, 3.8) is 0 Å². The summed E-state index contributed by atoms with van der Waals surface area (Å²) in [7, 11) is 0. The topological polar surface area (TPSA) is 22.4 Å². The summed E-state index contributed by atoms with van der Waals surface area (Å²) in [6.07, 6.45) is 1.86. The van der Waals surface area contributed by atoms with Gasteiger partial charge in [-0.2, -0.15) is 0 Å². The van der Waals surface area contributed by atoms with Gasteiger partial charge >= 0.3 is 0 Å². The second-order valence-corrected chi connectivity index (χ2v) is 7.04. The normalized spacial score (nSPS) is 16.0. The summed E-state index contributed by atoms with van der Waals surface area (Å²) in [6.45, 7) is 9.71. The van der Waals surface area contributed by atoms with Crippen LogP contribution in [0.3, 0.4) is 0 Å². The summed E-state index contributed by atoms with van der Waals surface area (Å²) >= 11 is 0. The van der Waals surface area contributed by atoms with E-state index in [4.69, 9.17) is 9.15 Å². The molecule has 0 N–H and O–H groups in total. The van der Waals surface area contributed by atoms with Crippen molar-refractivity contribution in [1.29, 1.82) is 0 Å². The molecule has 3 aromatic rings. The predicted octanol–water partition coefficient (Wildman–Crippen LogP) is 6.37. The van der Waals surface area contributed by atoms with E-state index in [-0.39, 0.29) is 0 Å². The molecule has 1 aromatic heterocycles. The molecule has 1 atom stereocenters. The molecule has 2 heteroatoms. The fourth-order valence-electron chi connectivity index (χ4n) is 3.18. The summed E-state index contributed by atoms with van der Waals surface area (Å²) in [6, 6.07) is 16.5. The van der Waals surface area contributed by atoms with E-state index < -0.39 is 0 Å². The lowest BCUT2D eigenvalue weighted by molar-refractivity contribution is 0.304. The van der Waals surface area contributed by atoms with E-state index in [0.717, 1.165) is 17.9 Å². The van der Waals surface area contributed by atoms with Crippen molar-refractivity contribution >= 4 is 11.0 Å². The summed E-state index contributed by atoms with van der Waals surface area (Å²) in [5.74, 6) is 2.89. The molecule has 0 amide bonds. The van der Waals surface area contributed by atoms with Crippen molar-refractivity contribution < 1.29 is 9.15 Å². The van der Waals surface area contributed by atoms with Crippen LogP contribution in [0.1, 0.15) is 50.7 Å². The summed E-state index contributed by atoms with van der Waals surface area (Å²) in [5, 5.41) is 1.24. The molecule has 0 saturated carbocycles. The van der Waals surface area contributed by atoms with Crippen LogP contribution in [0.5, 0.6) is 5.75 Å². The quantitative estimate of drug-likeness (QED) is 0.546. The maximum absolute atomic E-state index is 5.57. The monoisotopic (exact) mass is 322 g/mol. The molecule has 1 aliphatic rings. The van der Waals surface area contributed by atoms with E-state index in [1.54, 1.807) is 0 Å². The Morgan fingerprint density at radius 2 is 1.62 bits per heavy atom. The van der Waals surface area contributed by atoms with E-state index >= 15 is 0 Å². The first kappa shape index (κ1) is 16.6. The lowest BCUT2D eigenvalue weighted by Gasteiger charge is -2.11. The van der Waals surface area contributed by atoms with Gasteiger partial charge in [0.15, 0.2) is 0 Å². The zero-order valence-corrected chi connectivity index (χ0v) is 15.0. The third-order valence-electron chi connectivity index (χ3n) is 4.67. The molecular weight excluding hydrogens is 296 g/mol. The van der Waals surface area contributed by atoms with Gasteiger partial charge < -0.3 is 9.15 Å². The van der Waals surface area contributed by atoms with Gasteiger partial charge in [-0.05, 0) is 24.0 Å². The van der Waals surface area contributed by atoms with E-state index in [9.17, 15) is 0 Å². The minimum atomic E-state index is 0.536. The average molecular weight is 322 g/mol. The van der Waals surface area contributed by atoms with Gasteiger partial charge in [-0.15, -0.1) is 0 Å². The molecule has 2 aromatic carbocycles. The molecule has 0 spiro atoms. The molecule has 2 heterocycles. The van der Waals surface area contributed by atoms with Gasteiger partial charge in [-0.25, -0.2) is 0 Å². The van der Waals surface area contributed by atoms with E-state index in [0.29, 0.717) is 17.8 Å². The predicted molar refractivity (Wildman–Crippen MR) is 99.8 cm³/mol. The van der Waals surface area contributed by atoms with Crippen LogP contribution in [0.15, 0.2) is 59.2 Å². The number of fused-ring (bicyclic) bond motifs is 2. The Morgan fingerprint density at radius 3 is 2.38 bits per heavy atom. The lowest BCUT2D eigenvalue weighted by atomic mass is 9.90. The van der Waals surface area contributed by atoms with Gasteiger partial charge in [0.1, 0.15) is 11.3 Å². The molecule has 0 fully saturated rings. The van der Waals surface area contributed by atoms with Crippen LogP contribution in [0.2, 0.25) is 0 Å². The van der Waals surface area contributed by atoms with Gasteiger partial charge in [-0.3, -0.25) is 0 Å². The number of furan rings is 1. The second-order valence-electron chi connectivity index (χ2n) is 7.04. The first-order valence-corrected chi connectivity index (χ1v) is 8.75. The van der Waals surface area contributed by atoms with Crippen LogP contribution in [0, 0.1) is 5.92 Å². The van der Waals surface area contributed by atoms with Crippen LogP contribution in [0.4, 0.5) is 0 Å². The van der Waals surface area contributed by atoms with Crippen molar-refractivity contribution in [1.82, 2.24) is 0 Å². The minimum Gasteiger partial charge on any atom is -0.493 e. The van der Waals surface area contributed by atoms with Crippen molar-refractivity contribution in [3.8, 4) is 5.75 Å². The van der Waals surface area contributed by atoms with Crippen molar-refractivity contribution in [3.05, 3.63) is 65.9 Å². The highest BCUT2D eigenvalue weighted by atomic mass is 16.5. The largest absolute Gasteiger partial charge is 0.493 e. The number of benzene rings is 2. The second kappa shape index (κ2) is 7.12. The SMILES string of the molecule is CC(C)C1COc2ccccc21.CC(C)c1coc2ccccc12. The highest BCUT2D eigenvalue weighted by Gasteiger charge is 2.25. The summed E-state index contributed by atoms with van der Waals surface area (Å²) in [5.41, 5.74) is 3.67. The third kappa shape index (κ3) is 3.33. The molecule has 0 aliphatic carbocycles. The number of para-hydroxylation sites is 2. The molecule has 1 aliphatic heterocycles. The Bertz CT molecular complexity index is 798. The molecule has 1 unspecified atom stereocenters. The molecule has 24 heavy (non-hydrogen) atoms. The molecule has 0 saturated heterocycles. The zero-order chi connectivity index (χ0) is 17.1. The first-order valence-electron chi connectivity index (χ1n) is 8.75. The molecule has 0 bridgehead atoms. The van der Waals surface area contributed by atoms with Crippen molar-refractivity contribution in [2.45, 2.75) is 39.5 Å². The number of hydrogen-bond donors (Lipinski definition) is 0. The van der Waals surface area contributed by atoms with E-state index in [1.807, 2.05) is 30.5 Å². The van der Waals surface area contributed by atoms with E-state index in [2.05, 4.69) is 52.0 Å². The molecular formula is C22H26O2. The van der Waals surface area contributed by atoms with Gasteiger partial charge in [0.05, 0.1) is 12.9 Å². The summed E-state index contributed by atoms with van der Waals surface area (Å²) < 4.78 is 11.0. The van der Waals surface area contributed by atoms with Crippen LogP contribution in [-0.2, 0) is 0 Å². The van der Waals surface area contributed by atoms with Gasteiger partial charge in [0.2, 0.25) is 0 Å². The van der Waals surface area contributed by atoms with Crippen molar-refractivity contribution in [2.24, 2.45) is 5.92 Å². The average Bonchev–Trinajstić information content (AvgIpc) is 3.19. The number of rotatable bonds is 2. The zero-order valence-electron chi connectivity index (χ0n) is 15.0. The first-order chi connectivity index (χ1) is 11.6. The Balaban J connectivity index is 0.000000141. The molecule has 4 rings (SSSR count). The highest BCUT2D eigenvalue weighted by Crippen LogP contribution is 2.37.